The van der Waals surface area contributed by atoms with Crippen molar-refractivity contribution in [3.05, 3.63) is 59.8 Å². The second-order valence-electron chi connectivity index (χ2n) is 11.6. The third-order valence-corrected chi connectivity index (χ3v) is 8.86. The van der Waals surface area contributed by atoms with E-state index in [1.54, 1.807) is 9.80 Å². The Bertz CT molecular complexity index is 1380. The monoisotopic (exact) mass is 546 g/mol. The Morgan fingerprint density at radius 1 is 1.15 bits per heavy atom. The van der Waals surface area contributed by atoms with Gasteiger partial charge in [-0.1, -0.05) is 49.4 Å². The number of aliphatic hydroxyl groups excluding tert-OH is 1. The number of hydrogen-bond acceptors (Lipinski definition) is 5. The highest BCUT2D eigenvalue weighted by atomic mass is 16.5. The quantitative estimate of drug-likeness (QED) is 0.528. The predicted octanol–water partition coefficient (Wildman–Crippen LogP) is 3.76. The van der Waals surface area contributed by atoms with Crippen molar-refractivity contribution in [1.29, 1.82) is 0 Å². The van der Waals surface area contributed by atoms with Crippen LogP contribution in [0.1, 0.15) is 42.7 Å². The van der Waals surface area contributed by atoms with Gasteiger partial charge >= 0.3 is 0 Å². The summed E-state index contributed by atoms with van der Waals surface area (Å²) in [6.45, 7) is 5.92. The molecule has 2 amide bonds. The van der Waals surface area contributed by atoms with Crippen LogP contribution < -0.4 is 0 Å². The Labute approximate surface area is 237 Å². The van der Waals surface area contributed by atoms with E-state index < -0.39 is 0 Å². The second kappa shape index (κ2) is 11.7. The van der Waals surface area contributed by atoms with Crippen LogP contribution in [0.25, 0.3) is 22.0 Å². The van der Waals surface area contributed by atoms with Crippen LogP contribution >= 0.6 is 0 Å². The van der Waals surface area contributed by atoms with Crippen LogP contribution in [0.3, 0.4) is 0 Å². The molecular formula is C32H42N4O4. The maximum absolute atomic E-state index is 14.4. The first-order chi connectivity index (χ1) is 19.2. The Hall–Kier alpha value is -3.20. The average molecular weight is 547 g/mol. The third-order valence-electron chi connectivity index (χ3n) is 8.86. The maximum atomic E-state index is 14.4. The summed E-state index contributed by atoms with van der Waals surface area (Å²) in [5, 5.41) is 11.2. The molecule has 214 valence electrons. The van der Waals surface area contributed by atoms with Gasteiger partial charge in [-0.25, -0.2) is 0 Å². The van der Waals surface area contributed by atoms with Crippen molar-refractivity contribution >= 4 is 22.7 Å². The summed E-state index contributed by atoms with van der Waals surface area (Å²) in [4.78, 5) is 33.5. The number of para-hydroxylation sites is 1. The van der Waals surface area contributed by atoms with Crippen LogP contribution in [0.4, 0.5) is 0 Å². The van der Waals surface area contributed by atoms with Crippen molar-refractivity contribution < 1.29 is 19.4 Å². The molecule has 5 rings (SSSR count). The summed E-state index contributed by atoms with van der Waals surface area (Å²) in [7, 11) is 5.80. The van der Waals surface area contributed by atoms with Crippen LogP contribution in [0, 0.1) is 5.92 Å². The van der Waals surface area contributed by atoms with E-state index in [4.69, 9.17) is 4.74 Å². The molecule has 40 heavy (non-hydrogen) atoms. The van der Waals surface area contributed by atoms with Crippen LogP contribution in [0.15, 0.2) is 48.5 Å². The molecule has 8 nitrogen and oxygen atoms in total. The fourth-order valence-corrected chi connectivity index (χ4v) is 6.36. The van der Waals surface area contributed by atoms with E-state index in [1.807, 2.05) is 63.0 Å². The molecule has 1 aromatic heterocycles. The zero-order valence-corrected chi connectivity index (χ0v) is 24.3. The number of fused-ring (bicyclic) bond motifs is 5. The Kier molecular flexibility index (Phi) is 8.31. The molecule has 1 fully saturated rings. The number of hydrogen-bond donors (Lipinski definition) is 1. The van der Waals surface area contributed by atoms with Gasteiger partial charge < -0.3 is 24.2 Å². The molecule has 2 aliphatic heterocycles. The zero-order valence-electron chi connectivity index (χ0n) is 24.3. The number of aryl methyl sites for hydroxylation is 1. The normalized spacial score (nSPS) is 23.0. The van der Waals surface area contributed by atoms with E-state index in [0.29, 0.717) is 25.4 Å². The van der Waals surface area contributed by atoms with Crippen molar-refractivity contribution in [2.75, 3.05) is 40.3 Å². The fraction of sp³-hybridized carbons (Fsp3) is 0.500. The number of ether oxygens (including phenoxy) is 1. The molecule has 8 heteroatoms. The maximum Gasteiger partial charge on any atom is 0.271 e. The van der Waals surface area contributed by atoms with Gasteiger partial charge in [-0.2, -0.15) is 0 Å². The van der Waals surface area contributed by atoms with E-state index in [1.165, 1.54) is 0 Å². The van der Waals surface area contributed by atoms with E-state index >= 15 is 0 Å². The van der Waals surface area contributed by atoms with E-state index in [9.17, 15) is 14.7 Å². The summed E-state index contributed by atoms with van der Waals surface area (Å²) in [5.74, 6) is -0.0893. The van der Waals surface area contributed by atoms with Crippen molar-refractivity contribution in [3.63, 3.8) is 0 Å². The van der Waals surface area contributed by atoms with Crippen LogP contribution in [0.5, 0.6) is 0 Å². The number of aliphatic hydroxyl groups is 1. The summed E-state index contributed by atoms with van der Waals surface area (Å²) >= 11 is 0. The van der Waals surface area contributed by atoms with Crippen LogP contribution in [0.2, 0.25) is 0 Å². The zero-order chi connectivity index (χ0) is 28.6. The number of carbonyl (C=O) groups is 2. The van der Waals surface area contributed by atoms with Gasteiger partial charge in [0.15, 0.2) is 0 Å². The standard InChI is InChI=1S/C32H42N4O4/c1-21-17-36(22(2)19-37)32(39)30-29(25-13-8-9-14-26(25)35(30)5)24-12-7-6-11-23(24)20-40-28(21)18-34(4)31(38)27-15-10-16-33(27)3/h6-9,11-14,21-22,27-28,37H,10,15-20H2,1-5H3/t21-,22-,27+,28-/m0/s1. The Morgan fingerprint density at radius 2 is 1.88 bits per heavy atom. The van der Waals surface area contributed by atoms with Gasteiger partial charge in [0.25, 0.3) is 5.91 Å². The SMILES string of the molecule is C[C@H]1CN([C@@H](C)CO)C(=O)c2c(c3ccccc3n2C)-c2ccccc2CO[C@H]1CN(C)C(=O)[C@H]1CCCN1C. The molecule has 3 aromatic rings. The number of carbonyl (C=O) groups excluding carboxylic acids is 2. The first kappa shape index (κ1) is 28.3. The summed E-state index contributed by atoms with van der Waals surface area (Å²) in [6.07, 6.45) is 1.60. The largest absolute Gasteiger partial charge is 0.394 e. The molecule has 0 unspecified atom stereocenters. The molecular weight excluding hydrogens is 504 g/mol. The van der Waals surface area contributed by atoms with Gasteiger partial charge in [-0.05, 0) is 50.6 Å². The Morgan fingerprint density at radius 3 is 2.60 bits per heavy atom. The molecule has 0 saturated carbocycles. The number of benzene rings is 2. The van der Waals surface area contributed by atoms with Gasteiger partial charge in [0, 0.05) is 49.6 Å². The summed E-state index contributed by atoms with van der Waals surface area (Å²) < 4.78 is 8.62. The second-order valence-corrected chi connectivity index (χ2v) is 11.6. The van der Waals surface area contributed by atoms with Crippen molar-refractivity contribution in [2.45, 2.75) is 51.5 Å². The molecule has 4 atom stereocenters. The van der Waals surface area contributed by atoms with Gasteiger partial charge in [0.05, 0.1) is 31.4 Å². The minimum Gasteiger partial charge on any atom is -0.394 e. The van der Waals surface area contributed by atoms with Crippen molar-refractivity contribution in [2.24, 2.45) is 13.0 Å². The average Bonchev–Trinajstić information content (AvgIpc) is 3.52. The van der Waals surface area contributed by atoms with Crippen molar-refractivity contribution in [3.8, 4) is 11.1 Å². The number of likely N-dealkylation sites (tertiary alicyclic amines) is 1. The number of rotatable bonds is 5. The molecule has 1 saturated heterocycles. The summed E-state index contributed by atoms with van der Waals surface area (Å²) in [6, 6.07) is 15.7. The first-order valence-electron chi connectivity index (χ1n) is 14.4. The lowest BCUT2D eigenvalue weighted by Crippen LogP contribution is -2.49. The molecule has 2 aliphatic rings. The highest BCUT2D eigenvalue weighted by Crippen LogP contribution is 2.38. The van der Waals surface area contributed by atoms with Gasteiger partial charge in [0.2, 0.25) is 5.91 Å². The first-order valence-corrected chi connectivity index (χ1v) is 14.4. The topological polar surface area (TPSA) is 78.2 Å². The lowest BCUT2D eigenvalue weighted by molar-refractivity contribution is -0.137. The molecule has 3 heterocycles. The van der Waals surface area contributed by atoms with E-state index in [-0.39, 0.29) is 42.5 Å². The predicted molar refractivity (Wildman–Crippen MR) is 157 cm³/mol. The molecule has 0 bridgehead atoms. The highest BCUT2D eigenvalue weighted by molar-refractivity contribution is 6.10. The lowest BCUT2D eigenvalue weighted by atomic mass is 9.96. The number of nitrogens with zero attached hydrogens (tertiary/aromatic N) is 4. The molecule has 1 N–H and O–H groups in total. The van der Waals surface area contributed by atoms with Crippen LogP contribution in [-0.4, -0.2) is 94.7 Å². The number of amides is 2. The van der Waals surface area contributed by atoms with Gasteiger partial charge in [-0.3, -0.25) is 14.5 Å². The lowest BCUT2D eigenvalue weighted by Gasteiger charge is -2.35. The smallest absolute Gasteiger partial charge is 0.271 e. The molecule has 0 radical (unpaired) electrons. The third kappa shape index (κ3) is 5.16. The number of likely N-dealkylation sites (N-methyl/N-ethyl adjacent to an activating group) is 2. The van der Waals surface area contributed by atoms with Gasteiger partial charge in [0.1, 0.15) is 5.69 Å². The minimum atomic E-state index is -0.385. The Balaban J connectivity index is 1.58. The fourth-order valence-electron chi connectivity index (χ4n) is 6.36. The number of aromatic nitrogens is 1. The highest BCUT2D eigenvalue weighted by Gasteiger charge is 2.35. The summed E-state index contributed by atoms with van der Waals surface area (Å²) in [5.41, 5.74) is 4.44. The van der Waals surface area contributed by atoms with Gasteiger partial charge in [-0.15, -0.1) is 0 Å². The van der Waals surface area contributed by atoms with Crippen LogP contribution in [-0.2, 0) is 23.2 Å². The molecule has 0 aliphatic carbocycles. The molecule has 2 aromatic carbocycles. The van der Waals surface area contributed by atoms with Crippen molar-refractivity contribution in [1.82, 2.24) is 19.3 Å². The molecule has 0 spiro atoms. The van der Waals surface area contributed by atoms with E-state index in [0.717, 1.165) is 47.0 Å². The minimum absolute atomic E-state index is 0.0853. The van der Waals surface area contributed by atoms with E-state index in [2.05, 4.69) is 30.0 Å².